The number of ether oxygens (including phenoxy) is 2. The van der Waals surface area contributed by atoms with Crippen LogP contribution < -0.4 is 5.32 Å². The van der Waals surface area contributed by atoms with Gasteiger partial charge in [-0.25, -0.2) is 9.59 Å². The summed E-state index contributed by atoms with van der Waals surface area (Å²) in [5.74, 6) is 0.0305. The number of nitrogens with zero attached hydrogens (tertiary/aromatic N) is 1. The molecule has 2 aromatic rings. The van der Waals surface area contributed by atoms with Crippen LogP contribution in [0.2, 0.25) is 0 Å². The number of allylic oxidation sites excluding steroid dienone is 1. The summed E-state index contributed by atoms with van der Waals surface area (Å²) in [7, 11) is 1.35. The molecule has 1 N–H and O–H groups in total. The molecule has 4 rings (SSSR count). The number of rotatable bonds is 4. The molecular weight excluding hydrogens is 524 g/mol. The fourth-order valence-corrected chi connectivity index (χ4v) is 6.72. The second-order valence-corrected chi connectivity index (χ2v) is 12.8. The summed E-state index contributed by atoms with van der Waals surface area (Å²) in [5, 5.41) is 2.80. The average molecular weight is 565 g/mol. The molecule has 7 nitrogen and oxygen atoms in total. The van der Waals surface area contributed by atoms with Gasteiger partial charge in [-0.05, 0) is 63.1 Å². The molecule has 2 aromatic carbocycles. The molecule has 8 heteroatoms. The normalized spacial score (nSPS) is 24.7. The molecular formula is C32H40N2O5S. The van der Waals surface area contributed by atoms with Gasteiger partial charge in [-0.1, -0.05) is 73.2 Å². The first-order chi connectivity index (χ1) is 19.1. The number of nitrogens with one attached hydrogen (secondary N) is 1. The molecule has 2 heterocycles. The van der Waals surface area contributed by atoms with Gasteiger partial charge in [0.05, 0.1) is 11.9 Å². The van der Waals surface area contributed by atoms with Crippen LogP contribution in [0.4, 0.5) is 4.79 Å². The monoisotopic (exact) mass is 564 g/mol. The molecule has 0 aromatic heterocycles. The zero-order valence-electron chi connectivity index (χ0n) is 23.9. The third kappa shape index (κ3) is 7.27. The van der Waals surface area contributed by atoms with Gasteiger partial charge >= 0.3 is 12.1 Å². The van der Waals surface area contributed by atoms with Crippen molar-refractivity contribution >= 4 is 29.7 Å². The van der Waals surface area contributed by atoms with E-state index in [1.54, 1.807) is 37.4 Å². The van der Waals surface area contributed by atoms with Crippen molar-refractivity contribution in [3.63, 3.8) is 0 Å². The lowest BCUT2D eigenvalue weighted by Gasteiger charge is -2.31. The van der Waals surface area contributed by atoms with E-state index in [9.17, 15) is 14.4 Å². The summed E-state index contributed by atoms with van der Waals surface area (Å²) in [6, 6.07) is 17.0. The second-order valence-electron chi connectivity index (χ2n) is 11.4. The molecule has 2 aliphatic heterocycles. The first-order valence-corrected chi connectivity index (χ1v) is 14.9. The molecule has 0 unspecified atom stereocenters. The highest BCUT2D eigenvalue weighted by Gasteiger charge is 2.51. The number of benzene rings is 2. The number of alkyl carbamates (subject to hydrolysis) is 1. The zero-order chi connectivity index (χ0) is 28.8. The van der Waals surface area contributed by atoms with Crippen LogP contribution in [0.15, 0.2) is 66.7 Å². The van der Waals surface area contributed by atoms with Gasteiger partial charge in [0, 0.05) is 12.3 Å². The van der Waals surface area contributed by atoms with Gasteiger partial charge in [0.25, 0.3) is 0 Å². The molecule has 2 aliphatic rings. The predicted molar refractivity (Wildman–Crippen MR) is 159 cm³/mol. The Kier molecular flexibility index (Phi) is 9.61. The third-order valence-electron chi connectivity index (χ3n) is 7.32. The summed E-state index contributed by atoms with van der Waals surface area (Å²) in [4.78, 5) is 41.5. The first-order valence-electron chi connectivity index (χ1n) is 13.9. The maximum absolute atomic E-state index is 14.1. The Hall–Kier alpha value is -3.26. The van der Waals surface area contributed by atoms with Gasteiger partial charge in [0.1, 0.15) is 17.7 Å². The van der Waals surface area contributed by atoms with Crippen LogP contribution in [-0.2, 0) is 23.8 Å². The number of thioether (sulfide) groups is 1. The Morgan fingerprint density at radius 3 is 2.38 bits per heavy atom. The van der Waals surface area contributed by atoms with E-state index in [2.05, 4.69) is 53.9 Å². The van der Waals surface area contributed by atoms with Crippen LogP contribution in [0.5, 0.6) is 0 Å². The molecule has 0 spiro atoms. The van der Waals surface area contributed by atoms with Crippen molar-refractivity contribution in [2.24, 2.45) is 0 Å². The SMILES string of the molecule is COC(=O)[C@@H]1C[C@@]2(c3ccc(-c4ccccc4)cc3)CN1C(=O)[C@@H](NC(=O)OC(C)(C)C)CCCC/C=C/CS2. The Balaban J connectivity index is 1.69. The second kappa shape index (κ2) is 12.9. The number of carbonyl (C=O) groups is 3. The van der Waals surface area contributed by atoms with Crippen LogP contribution in [0, 0.1) is 0 Å². The van der Waals surface area contributed by atoms with Crippen molar-refractivity contribution in [1.29, 1.82) is 0 Å². The standard InChI is InChI=1S/C32H40N2O5S/c1-31(2,3)39-30(37)33-26-15-11-6-5-7-12-20-40-32(21-27(29(36)38-4)34(22-32)28(26)35)25-18-16-24(17-19-25)23-13-9-8-10-14-23/h7-10,12-14,16-19,26-27H,5-6,11,15,20-22H2,1-4H3,(H,33,37)/b12-7+/t26-,27-,32-/m0/s1. The molecule has 0 aliphatic carbocycles. The maximum atomic E-state index is 14.1. The van der Waals surface area contributed by atoms with E-state index in [1.807, 2.05) is 18.2 Å². The van der Waals surface area contributed by atoms with Crippen LogP contribution in [0.25, 0.3) is 11.1 Å². The molecule has 40 heavy (non-hydrogen) atoms. The van der Waals surface area contributed by atoms with Crippen LogP contribution >= 0.6 is 11.8 Å². The lowest BCUT2D eigenvalue weighted by molar-refractivity contribution is -0.151. The van der Waals surface area contributed by atoms with Crippen molar-refractivity contribution in [3.8, 4) is 11.1 Å². The average Bonchev–Trinajstić information content (AvgIpc) is 3.33. The van der Waals surface area contributed by atoms with Gasteiger partial charge in [-0.3, -0.25) is 4.79 Å². The van der Waals surface area contributed by atoms with Crippen molar-refractivity contribution in [2.45, 2.75) is 75.3 Å². The zero-order valence-corrected chi connectivity index (χ0v) is 24.7. The molecule has 3 atom stereocenters. The lowest BCUT2D eigenvalue weighted by atomic mass is 9.93. The third-order valence-corrected chi connectivity index (χ3v) is 8.77. The van der Waals surface area contributed by atoms with E-state index >= 15 is 0 Å². The van der Waals surface area contributed by atoms with Gasteiger partial charge in [-0.15, -0.1) is 11.8 Å². The van der Waals surface area contributed by atoms with Crippen LogP contribution in [0.3, 0.4) is 0 Å². The smallest absolute Gasteiger partial charge is 0.408 e. The Morgan fingerprint density at radius 2 is 1.70 bits per heavy atom. The number of esters is 1. The molecule has 1 fully saturated rings. The topological polar surface area (TPSA) is 84.9 Å². The largest absolute Gasteiger partial charge is 0.467 e. The molecule has 2 amide bonds. The van der Waals surface area contributed by atoms with E-state index in [0.717, 1.165) is 41.7 Å². The van der Waals surface area contributed by atoms with E-state index < -0.39 is 34.5 Å². The quantitative estimate of drug-likeness (QED) is 0.358. The Morgan fingerprint density at radius 1 is 1.00 bits per heavy atom. The van der Waals surface area contributed by atoms with Gasteiger partial charge in [-0.2, -0.15) is 0 Å². The highest BCUT2D eigenvalue weighted by molar-refractivity contribution is 8.00. The van der Waals surface area contributed by atoms with E-state index in [0.29, 0.717) is 19.4 Å². The van der Waals surface area contributed by atoms with E-state index in [-0.39, 0.29) is 5.91 Å². The minimum atomic E-state index is -0.798. The van der Waals surface area contributed by atoms with Gasteiger partial charge in [0.2, 0.25) is 5.91 Å². The number of hydrogen-bond donors (Lipinski definition) is 1. The highest BCUT2D eigenvalue weighted by Crippen LogP contribution is 2.48. The number of amides is 2. The number of hydrogen-bond acceptors (Lipinski definition) is 6. The molecule has 0 saturated carbocycles. The van der Waals surface area contributed by atoms with Crippen molar-refractivity contribution < 1.29 is 23.9 Å². The Labute approximate surface area is 241 Å². The fraction of sp³-hybridized carbons (Fsp3) is 0.469. The molecule has 0 radical (unpaired) electrons. The van der Waals surface area contributed by atoms with E-state index in [1.165, 1.54) is 7.11 Å². The summed E-state index contributed by atoms with van der Waals surface area (Å²) < 4.78 is 10.1. The molecule has 2 bridgehead atoms. The summed E-state index contributed by atoms with van der Waals surface area (Å²) in [6.45, 7) is 5.69. The highest BCUT2D eigenvalue weighted by atomic mass is 32.2. The lowest BCUT2D eigenvalue weighted by Crippen LogP contribution is -2.52. The first kappa shape index (κ1) is 29.7. The maximum Gasteiger partial charge on any atom is 0.408 e. The molecule has 1 saturated heterocycles. The summed E-state index contributed by atoms with van der Waals surface area (Å²) >= 11 is 1.74. The van der Waals surface area contributed by atoms with E-state index in [4.69, 9.17) is 9.47 Å². The minimum Gasteiger partial charge on any atom is -0.467 e. The van der Waals surface area contributed by atoms with Crippen molar-refractivity contribution in [1.82, 2.24) is 10.2 Å². The Bertz CT molecular complexity index is 1210. The van der Waals surface area contributed by atoms with Crippen LogP contribution in [-0.4, -0.2) is 60.0 Å². The number of fused-ring (bicyclic) bond motifs is 2. The summed E-state index contributed by atoms with van der Waals surface area (Å²) in [6.07, 6.45) is 7.16. The fourth-order valence-electron chi connectivity index (χ4n) is 5.36. The summed E-state index contributed by atoms with van der Waals surface area (Å²) in [5.41, 5.74) is 2.60. The van der Waals surface area contributed by atoms with Crippen molar-refractivity contribution in [2.75, 3.05) is 19.4 Å². The minimum absolute atomic E-state index is 0.281. The number of carbonyl (C=O) groups excluding carboxylic acids is 3. The van der Waals surface area contributed by atoms with Gasteiger partial charge in [0.15, 0.2) is 0 Å². The van der Waals surface area contributed by atoms with Crippen molar-refractivity contribution in [3.05, 3.63) is 72.3 Å². The van der Waals surface area contributed by atoms with Crippen LogP contribution in [0.1, 0.15) is 58.4 Å². The predicted octanol–water partition coefficient (Wildman–Crippen LogP) is 6.08. The van der Waals surface area contributed by atoms with Gasteiger partial charge < -0.3 is 19.7 Å². The molecule has 214 valence electrons. The number of methoxy groups -OCH3 is 1.